The third-order valence-electron chi connectivity index (χ3n) is 7.22. The first-order valence-electron chi connectivity index (χ1n) is 10.8. The number of benzene rings is 1. The van der Waals surface area contributed by atoms with Crippen LogP contribution >= 0.6 is 0 Å². The van der Waals surface area contributed by atoms with E-state index in [1.54, 1.807) is 5.57 Å². The molecular formula is C24H28N2O2. The molecule has 28 heavy (non-hydrogen) atoms. The molecule has 2 aliphatic heterocycles. The molecule has 0 aromatic heterocycles. The molecule has 4 heteroatoms. The Morgan fingerprint density at radius 2 is 1.86 bits per heavy atom. The van der Waals surface area contributed by atoms with Crippen molar-refractivity contribution in [3.63, 3.8) is 0 Å². The highest BCUT2D eigenvalue weighted by Gasteiger charge is 2.53. The topological polar surface area (TPSA) is 49.7 Å². The van der Waals surface area contributed by atoms with Crippen molar-refractivity contribution < 1.29 is 9.59 Å². The Hall–Kier alpha value is -2.23. The van der Waals surface area contributed by atoms with Crippen molar-refractivity contribution in [1.29, 1.82) is 0 Å². The molecule has 2 atom stereocenters. The molecule has 1 aromatic rings. The SMILES string of the molecule is CC(=O)C(C(C)=O)=c1ccc2c(c1)N1C3=C(CCCC3)CC3CCCCC31N=2. The number of carbonyl (C=O) groups excluding carboxylic acids is 2. The van der Waals surface area contributed by atoms with Gasteiger partial charge in [-0.1, -0.05) is 18.1 Å². The number of ketones is 2. The van der Waals surface area contributed by atoms with Gasteiger partial charge in [-0.2, -0.15) is 0 Å². The van der Waals surface area contributed by atoms with Crippen molar-refractivity contribution in [2.45, 2.75) is 77.3 Å². The summed E-state index contributed by atoms with van der Waals surface area (Å²) in [5.74, 6) is 0.255. The summed E-state index contributed by atoms with van der Waals surface area (Å²) in [6, 6.07) is 5.99. The van der Waals surface area contributed by atoms with Gasteiger partial charge in [0.1, 0.15) is 5.66 Å². The van der Waals surface area contributed by atoms with Crippen molar-refractivity contribution in [1.82, 2.24) is 0 Å². The maximum absolute atomic E-state index is 12.1. The van der Waals surface area contributed by atoms with E-state index >= 15 is 0 Å². The molecule has 0 saturated heterocycles. The lowest BCUT2D eigenvalue weighted by Crippen LogP contribution is -2.55. The lowest BCUT2D eigenvalue weighted by molar-refractivity contribution is -0.116. The number of Topliss-reactive ketones (excluding diaryl/α,β-unsaturated/α-hetero) is 2. The van der Waals surface area contributed by atoms with E-state index in [0.29, 0.717) is 11.5 Å². The third-order valence-corrected chi connectivity index (χ3v) is 7.22. The largest absolute Gasteiger partial charge is 0.318 e. The van der Waals surface area contributed by atoms with Crippen molar-refractivity contribution in [3.05, 3.63) is 40.0 Å². The van der Waals surface area contributed by atoms with E-state index in [1.807, 2.05) is 12.1 Å². The van der Waals surface area contributed by atoms with Crippen molar-refractivity contribution in [2.24, 2.45) is 10.9 Å². The Morgan fingerprint density at radius 1 is 1.07 bits per heavy atom. The summed E-state index contributed by atoms with van der Waals surface area (Å²) in [5.41, 5.74) is 4.39. The lowest BCUT2D eigenvalue weighted by Gasteiger charge is -2.52. The Labute approximate surface area is 166 Å². The summed E-state index contributed by atoms with van der Waals surface area (Å²) in [5, 5.41) is 1.77. The van der Waals surface area contributed by atoms with E-state index in [4.69, 9.17) is 4.99 Å². The second-order valence-corrected chi connectivity index (χ2v) is 8.92. The minimum absolute atomic E-state index is 0.137. The maximum Gasteiger partial charge on any atom is 0.163 e. The number of hydrogen-bond acceptors (Lipinski definition) is 4. The van der Waals surface area contributed by atoms with Crippen LogP contribution in [0.4, 0.5) is 5.69 Å². The van der Waals surface area contributed by atoms with Crippen LogP contribution in [0.2, 0.25) is 0 Å². The Kier molecular flexibility index (Phi) is 4.08. The first-order valence-corrected chi connectivity index (χ1v) is 10.8. The van der Waals surface area contributed by atoms with Gasteiger partial charge in [-0.05, 0) is 82.6 Å². The smallest absolute Gasteiger partial charge is 0.163 e. The first kappa shape index (κ1) is 17.8. The summed E-state index contributed by atoms with van der Waals surface area (Å²) in [6.07, 6.45) is 10.9. The van der Waals surface area contributed by atoms with Crippen LogP contribution in [0.15, 0.2) is 34.5 Å². The zero-order chi connectivity index (χ0) is 19.5. The third kappa shape index (κ3) is 2.46. The summed E-state index contributed by atoms with van der Waals surface area (Å²) in [7, 11) is 0. The maximum atomic E-state index is 12.1. The van der Waals surface area contributed by atoms with Gasteiger partial charge in [0.25, 0.3) is 0 Å². The highest BCUT2D eigenvalue weighted by Crippen LogP contribution is 2.53. The zero-order valence-corrected chi connectivity index (χ0v) is 16.9. The highest BCUT2D eigenvalue weighted by molar-refractivity contribution is 6.39. The Balaban J connectivity index is 1.76. The number of hydrogen-bond donors (Lipinski definition) is 0. The number of anilines is 1. The van der Waals surface area contributed by atoms with Crippen molar-refractivity contribution in [2.75, 3.05) is 4.90 Å². The lowest BCUT2D eigenvalue weighted by atomic mass is 9.70. The van der Waals surface area contributed by atoms with E-state index < -0.39 is 0 Å². The molecule has 5 rings (SSSR count). The van der Waals surface area contributed by atoms with Crippen LogP contribution in [-0.4, -0.2) is 17.2 Å². The Morgan fingerprint density at radius 3 is 2.64 bits per heavy atom. The molecule has 1 saturated carbocycles. The summed E-state index contributed by atoms with van der Waals surface area (Å²) >= 11 is 0. The van der Waals surface area contributed by atoms with Gasteiger partial charge < -0.3 is 4.90 Å². The van der Waals surface area contributed by atoms with Gasteiger partial charge in [0.2, 0.25) is 0 Å². The molecule has 4 nitrogen and oxygen atoms in total. The van der Waals surface area contributed by atoms with Crippen LogP contribution in [0.25, 0.3) is 5.57 Å². The van der Waals surface area contributed by atoms with E-state index in [-0.39, 0.29) is 17.2 Å². The van der Waals surface area contributed by atoms with Gasteiger partial charge in [0, 0.05) is 11.6 Å². The molecule has 2 unspecified atom stereocenters. The first-order chi connectivity index (χ1) is 13.5. The van der Waals surface area contributed by atoms with Gasteiger partial charge in [-0.3, -0.25) is 14.6 Å². The fraction of sp³-hybridized carbons (Fsp3) is 0.542. The van der Waals surface area contributed by atoms with Gasteiger partial charge in [0.05, 0.1) is 16.6 Å². The number of rotatable bonds is 2. The molecule has 2 heterocycles. The molecule has 146 valence electrons. The predicted octanol–water partition coefficient (Wildman–Crippen LogP) is 3.57. The second kappa shape index (κ2) is 6.40. The normalized spacial score (nSPS) is 27.9. The Bertz CT molecular complexity index is 1020. The summed E-state index contributed by atoms with van der Waals surface area (Å²) < 4.78 is 0. The molecule has 0 bridgehead atoms. The standard InChI is InChI=1S/C24H28N2O2/c1-15(27)23(16(2)28)18-10-11-20-22(14-18)26-21-9-4-3-7-17(21)13-19-8-5-6-12-24(19,26)25-20/h10-11,14,19H,3-9,12-13H2,1-2H3. The predicted molar refractivity (Wildman–Crippen MR) is 109 cm³/mol. The van der Waals surface area contributed by atoms with E-state index in [0.717, 1.165) is 29.1 Å². The molecule has 0 radical (unpaired) electrons. The van der Waals surface area contributed by atoms with Crippen LogP contribution in [0.5, 0.6) is 0 Å². The van der Waals surface area contributed by atoms with Gasteiger partial charge >= 0.3 is 0 Å². The second-order valence-electron chi connectivity index (χ2n) is 8.92. The molecule has 1 spiro atoms. The molecule has 4 aliphatic rings. The summed E-state index contributed by atoms with van der Waals surface area (Å²) in [4.78, 5) is 32.1. The molecule has 0 N–H and O–H groups in total. The average molecular weight is 377 g/mol. The van der Waals surface area contributed by atoms with Crippen molar-refractivity contribution in [3.8, 4) is 0 Å². The minimum atomic E-state index is -0.163. The quantitative estimate of drug-likeness (QED) is 0.742. The molecule has 2 aliphatic carbocycles. The fourth-order valence-corrected chi connectivity index (χ4v) is 6.11. The molecule has 1 aromatic carbocycles. The van der Waals surface area contributed by atoms with Crippen LogP contribution in [0.1, 0.15) is 71.6 Å². The number of nitrogens with zero attached hydrogens (tertiary/aromatic N) is 2. The van der Waals surface area contributed by atoms with Crippen LogP contribution in [-0.2, 0) is 9.59 Å². The van der Waals surface area contributed by atoms with Crippen LogP contribution < -0.4 is 15.5 Å². The molecule has 0 amide bonds. The van der Waals surface area contributed by atoms with E-state index in [1.165, 1.54) is 64.5 Å². The minimum Gasteiger partial charge on any atom is -0.318 e. The van der Waals surface area contributed by atoms with Crippen molar-refractivity contribution >= 4 is 22.8 Å². The van der Waals surface area contributed by atoms with Gasteiger partial charge in [-0.25, -0.2) is 0 Å². The number of carbonyl (C=O) groups is 2. The average Bonchev–Trinajstić information content (AvgIpc) is 2.99. The van der Waals surface area contributed by atoms with Gasteiger partial charge in [0.15, 0.2) is 11.6 Å². The van der Waals surface area contributed by atoms with E-state index in [9.17, 15) is 9.59 Å². The van der Waals surface area contributed by atoms with Crippen LogP contribution in [0.3, 0.4) is 0 Å². The van der Waals surface area contributed by atoms with E-state index in [2.05, 4.69) is 11.0 Å². The summed E-state index contributed by atoms with van der Waals surface area (Å²) in [6.45, 7) is 2.96. The zero-order valence-electron chi connectivity index (χ0n) is 16.9. The monoisotopic (exact) mass is 376 g/mol. The molecular weight excluding hydrogens is 348 g/mol. The van der Waals surface area contributed by atoms with Gasteiger partial charge in [-0.15, -0.1) is 0 Å². The number of allylic oxidation sites excluding steroid dienone is 2. The molecule has 1 fully saturated rings. The number of fused-ring (bicyclic) bond motifs is 3. The highest BCUT2D eigenvalue weighted by atomic mass is 16.1. The van der Waals surface area contributed by atoms with Crippen LogP contribution in [0, 0.1) is 5.92 Å². The fourth-order valence-electron chi connectivity index (χ4n) is 6.11.